The van der Waals surface area contributed by atoms with Crippen molar-refractivity contribution in [3.05, 3.63) is 42.5 Å². The number of aliphatic hydroxyl groups is 3. The van der Waals surface area contributed by atoms with Crippen LogP contribution >= 0.6 is 0 Å². The number of para-hydroxylation sites is 1. The van der Waals surface area contributed by atoms with E-state index in [1.165, 1.54) is 0 Å². The molecule has 6 rings (SSSR count). The van der Waals surface area contributed by atoms with Crippen LogP contribution in [0.2, 0.25) is 0 Å². The largest absolute Gasteiger partial charge is 0.392 e. The summed E-state index contributed by atoms with van der Waals surface area (Å²) in [5.74, 6) is -4.75. The van der Waals surface area contributed by atoms with Crippen molar-refractivity contribution < 1.29 is 48.6 Å². The van der Waals surface area contributed by atoms with Crippen LogP contribution in [0, 0.1) is 41.4 Å². The van der Waals surface area contributed by atoms with E-state index in [0.29, 0.717) is 44.9 Å². The summed E-state index contributed by atoms with van der Waals surface area (Å²) < 4.78 is 34.0. The molecule has 12 heteroatoms. The highest BCUT2D eigenvalue weighted by Gasteiger charge is 2.63. The van der Waals surface area contributed by atoms with Gasteiger partial charge in [0.15, 0.2) is 5.79 Å². The lowest BCUT2D eigenvalue weighted by atomic mass is 9.72. The molecule has 0 radical (unpaired) electrons. The Balaban J connectivity index is 1.12. The Morgan fingerprint density at radius 3 is 2.23 bits per heavy atom. The van der Waals surface area contributed by atoms with Crippen molar-refractivity contribution in [2.75, 3.05) is 5.43 Å². The minimum Gasteiger partial charge on any atom is -0.392 e. The van der Waals surface area contributed by atoms with Gasteiger partial charge in [0.25, 0.3) is 0 Å². The Hall–Kier alpha value is -2.42. The van der Waals surface area contributed by atoms with E-state index in [9.17, 15) is 24.9 Å². The third-order valence-electron chi connectivity index (χ3n) is 15.6. The first-order chi connectivity index (χ1) is 28.4. The lowest BCUT2D eigenvalue weighted by molar-refractivity contribution is -0.409. The molecular formula is C48H76N2O10. The summed E-state index contributed by atoms with van der Waals surface area (Å²) in [6, 6.07) is 9.48. The zero-order valence-electron chi connectivity index (χ0n) is 37.9. The molecule has 2 spiro atoms. The molecule has 12 nitrogen and oxygen atoms in total. The van der Waals surface area contributed by atoms with Crippen molar-refractivity contribution in [1.29, 1.82) is 0 Å². The molecule has 60 heavy (non-hydrogen) atoms. The van der Waals surface area contributed by atoms with Gasteiger partial charge in [-0.1, -0.05) is 73.6 Å². The van der Waals surface area contributed by atoms with Gasteiger partial charge in [-0.15, -0.1) is 0 Å². The fourth-order valence-electron chi connectivity index (χ4n) is 11.3. The molecule has 0 aliphatic carbocycles. The average Bonchev–Trinajstić information content (AvgIpc) is 3.59. The molecule has 18 atom stereocenters. The van der Waals surface area contributed by atoms with Gasteiger partial charge in [0.05, 0.1) is 59.4 Å². The Bertz CT molecular complexity index is 1650. The van der Waals surface area contributed by atoms with Gasteiger partial charge in [-0.05, 0) is 108 Å². The number of hydrazine groups is 1. The SMILES string of the molecule is CC[C@@H](C(=O)[C@@H](C)[C@@H](O)[C@H](C)[C@@H]1O[C@@H]([C@@H](CC)C(=O)NNc2ccccc2)CCC1C)[C@H]1O[C@]2(C=C[C@@H](O)[C@]3(CC[C@@](C)([C@H]4CC[C@](O)(CC)[C@H](C)O4)O3)O2)[C@H](C)C[C@@H]1C. The summed E-state index contributed by atoms with van der Waals surface area (Å²) in [6.45, 7) is 19.9. The van der Waals surface area contributed by atoms with E-state index in [0.717, 1.165) is 24.9 Å². The average molecular weight is 841 g/mol. The Labute approximate surface area is 358 Å². The van der Waals surface area contributed by atoms with Crippen molar-refractivity contribution in [3.8, 4) is 0 Å². The second-order valence-electron chi connectivity index (χ2n) is 19.6. The summed E-state index contributed by atoms with van der Waals surface area (Å²) in [5, 5.41) is 34.5. The summed E-state index contributed by atoms with van der Waals surface area (Å²) in [4.78, 5) is 28.0. The number of ketones is 1. The van der Waals surface area contributed by atoms with E-state index in [1.54, 1.807) is 6.08 Å². The van der Waals surface area contributed by atoms with Crippen LogP contribution in [0.3, 0.4) is 0 Å². The van der Waals surface area contributed by atoms with E-state index in [2.05, 4.69) is 31.6 Å². The highest BCUT2D eigenvalue weighted by molar-refractivity contribution is 5.84. The maximum absolute atomic E-state index is 14.6. The molecule has 0 saturated carbocycles. The molecule has 4 fully saturated rings. The molecule has 5 N–H and O–H groups in total. The number of aliphatic hydroxyl groups excluding tert-OH is 2. The monoisotopic (exact) mass is 841 g/mol. The van der Waals surface area contributed by atoms with E-state index >= 15 is 0 Å². The van der Waals surface area contributed by atoms with Crippen LogP contribution < -0.4 is 10.9 Å². The lowest BCUT2D eigenvalue weighted by Gasteiger charge is -2.54. The fraction of sp³-hybridized carbons (Fsp3) is 0.792. The Kier molecular flexibility index (Phi) is 14.7. The van der Waals surface area contributed by atoms with Crippen LogP contribution in [0.5, 0.6) is 0 Å². The molecule has 5 aliphatic rings. The van der Waals surface area contributed by atoms with Crippen LogP contribution in [0.25, 0.3) is 0 Å². The number of ether oxygens (including phenoxy) is 5. The first-order valence-electron chi connectivity index (χ1n) is 23.2. The van der Waals surface area contributed by atoms with E-state index in [-0.39, 0.29) is 65.7 Å². The molecule has 1 aromatic rings. The van der Waals surface area contributed by atoms with Gasteiger partial charge in [0.1, 0.15) is 11.9 Å². The number of rotatable bonds is 14. The van der Waals surface area contributed by atoms with Gasteiger partial charge in [0, 0.05) is 30.1 Å². The summed E-state index contributed by atoms with van der Waals surface area (Å²) in [6.07, 6.45) is 5.96. The third kappa shape index (κ3) is 9.14. The molecule has 338 valence electrons. The standard InChI is InChI=1S/C48H76N2O10/c1-11-35(44(54)50-49-34-17-15-14-16-18-34)37-20-19-28(4)42(57-37)32(8)40(52)31(7)41(53)36(12-2)43-29(5)27-30(6)47(58-43)24-21-38(51)48(60-47)26-25-45(10,59-48)39-22-23-46(55,13-3)33(9)56-39/h14-18,21,24,28-33,35-40,42-43,49,51-52,55H,11-13,19-20,22-23,25-27H2,1-10H3,(H,50,54)/t28?,29-,30+,31-,32-,33-,35+,36-,37+,38+,39+,40+,42+,43-,45-,46+,47-,48-/m0/s1. The van der Waals surface area contributed by atoms with Crippen molar-refractivity contribution in [3.63, 3.8) is 0 Å². The molecule has 0 aromatic heterocycles. The van der Waals surface area contributed by atoms with Gasteiger partial charge < -0.3 is 39.0 Å². The number of hydrogen-bond acceptors (Lipinski definition) is 11. The molecular weight excluding hydrogens is 765 g/mol. The highest BCUT2D eigenvalue weighted by atomic mass is 16.8. The summed E-state index contributed by atoms with van der Waals surface area (Å²) in [7, 11) is 0. The first kappa shape index (κ1) is 47.1. The minimum absolute atomic E-state index is 0.0151. The Morgan fingerprint density at radius 1 is 0.883 bits per heavy atom. The predicted molar refractivity (Wildman–Crippen MR) is 229 cm³/mol. The second kappa shape index (κ2) is 18.7. The first-order valence-corrected chi connectivity index (χ1v) is 23.2. The van der Waals surface area contributed by atoms with Gasteiger partial charge in [-0.3, -0.25) is 20.4 Å². The molecule has 1 aromatic carbocycles. The van der Waals surface area contributed by atoms with Crippen LogP contribution in [0.1, 0.15) is 133 Å². The summed E-state index contributed by atoms with van der Waals surface area (Å²) >= 11 is 0. The number of amides is 1. The van der Waals surface area contributed by atoms with Crippen LogP contribution in [0.4, 0.5) is 5.69 Å². The number of anilines is 1. The van der Waals surface area contributed by atoms with E-state index < -0.39 is 52.9 Å². The van der Waals surface area contributed by atoms with Gasteiger partial charge in [0.2, 0.25) is 11.7 Å². The normalized spacial score (nSPS) is 42.0. The molecule has 1 amide bonds. The van der Waals surface area contributed by atoms with Crippen LogP contribution in [-0.4, -0.2) is 92.5 Å². The topological polar surface area (TPSA) is 165 Å². The van der Waals surface area contributed by atoms with Crippen molar-refractivity contribution in [2.45, 2.75) is 199 Å². The van der Waals surface area contributed by atoms with Crippen LogP contribution in [-0.2, 0) is 33.3 Å². The molecule has 5 aliphatic heterocycles. The number of hydrogen-bond donors (Lipinski definition) is 5. The van der Waals surface area contributed by atoms with E-state index in [1.807, 2.05) is 84.9 Å². The second-order valence-corrected chi connectivity index (χ2v) is 19.6. The third-order valence-corrected chi connectivity index (χ3v) is 15.6. The minimum atomic E-state index is -1.37. The van der Waals surface area contributed by atoms with E-state index in [4.69, 9.17) is 23.7 Å². The van der Waals surface area contributed by atoms with Crippen molar-refractivity contribution in [1.82, 2.24) is 5.43 Å². The quantitative estimate of drug-likeness (QED) is 0.0947. The molecule has 1 unspecified atom stereocenters. The molecule has 4 saturated heterocycles. The van der Waals surface area contributed by atoms with Gasteiger partial charge in [-0.2, -0.15) is 0 Å². The van der Waals surface area contributed by atoms with Crippen molar-refractivity contribution >= 4 is 17.4 Å². The fourth-order valence-corrected chi connectivity index (χ4v) is 11.3. The number of Topliss-reactive ketones (excluding diaryl/α,β-unsaturated/α-hetero) is 1. The lowest BCUT2D eigenvalue weighted by Crippen LogP contribution is -2.63. The molecule has 0 bridgehead atoms. The number of carbonyl (C=O) groups is 2. The predicted octanol–water partition coefficient (Wildman–Crippen LogP) is 7.25. The zero-order chi connectivity index (χ0) is 43.8. The van der Waals surface area contributed by atoms with Crippen LogP contribution in [0.15, 0.2) is 42.5 Å². The highest BCUT2D eigenvalue weighted by Crippen LogP contribution is 2.54. The maximum atomic E-state index is 14.6. The smallest absolute Gasteiger partial charge is 0.244 e. The summed E-state index contributed by atoms with van der Waals surface area (Å²) in [5.41, 5.74) is 5.02. The zero-order valence-corrected chi connectivity index (χ0v) is 37.9. The molecule has 5 heterocycles. The number of benzene rings is 1. The van der Waals surface area contributed by atoms with Gasteiger partial charge in [-0.25, -0.2) is 0 Å². The van der Waals surface area contributed by atoms with Crippen molar-refractivity contribution in [2.24, 2.45) is 41.4 Å². The Morgan fingerprint density at radius 2 is 1.58 bits per heavy atom. The number of carbonyl (C=O) groups excluding carboxylic acids is 2. The van der Waals surface area contributed by atoms with Gasteiger partial charge >= 0.3 is 0 Å². The number of nitrogens with one attached hydrogen (secondary N) is 2. The maximum Gasteiger partial charge on any atom is 0.244 e.